The fraction of sp³-hybridized carbons (Fsp3) is 0.375. The SMILES string of the molecule is CCNc1cc([N+](=O)[O-])cc(OC)n1. The van der Waals surface area contributed by atoms with Crippen LogP contribution in [-0.4, -0.2) is 23.6 Å². The second-order valence-electron chi connectivity index (χ2n) is 2.54. The highest BCUT2D eigenvalue weighted by Gasteiger charge is 2.10. The molecule has 1 aromatic rings. The number of aromatic nitrogens is 1. The van der Waals surface area contributed by atoms with Crippen LogP contribution in [0.2, 0.25) is 0 Å². The van der Waals surface area contributed by atoms with Crippen LogP contribution in [0.3, 0.4) is 0 Å². The number of pyridine rings is 1. The molecule has 6 nitrogen and oxygen atoms in total. The number of nitro groups is 1. The van der Waals surface area contributed by atoms with Crippen molar-refractivity contribution in [2.75, 3.05) is 19.0 Å². The van der Waals surface area contributed by atoms with Gasteiger partial charge in [0.05, 0.1) is 24.2 Å². The maximum atomic E-state index is 10.5. The molecule has 0 atom stereocenters. The van der Waals surface area contributed by atoms with E-state index in [2.05, 4.69) is 10.3 Å². The lowest BCUT2D eigenvalue weighted by atomic mass is 10.4. The molecule has 1 rings (SSSR count). The van der Waals surface area contributed by atoms with E-state index in [9.17, 15) is 10.1 Å². The Kier molecular flexibility index (Phi) is 3.22. The third-order valence-electron chi connectivity index (χ3n) is 1.56. The molecular formula is C8H11N3O3. The summed E-state index contributed by atoms with van der Waals surface area (Å²) in [6.07, 6.45) is 0. The molecule has 0 bridgehead atoms. The van der Waals surface area contributed by atoms with Crippen LogP contribution in [0.1, 0.15) is 6.92 Å². The number of ether oxygens (including phenoxy) is 1. The summed E-state index contributed by atoms with van der Waals surface area (Å²) >= 11 is 0. The molecule has 1 heterocycles. The van der Waals surface area contributed by atoms with E-state index in [0.29, 0.717) is 12.4 Å². The van der Waals surface area contributed by atoms with E-state index in [-0.39, 0.29) is 11.6 Å². The molecule has 14 heavy (non-hydrogen) atoms. The number of hydrogen-bond donors (Lipinski definition) is 1. The minimum Gasteiger partial charge on any atom is -0.481 e. The molecule has 0 fully saturated rings. The van der Waals surface area contributed by atoms with Gasteiger partial charge in [0.1, 0.15) is 5.82 Å². The molecule has 6 heteroatoms. The van der Waals surface area contributed by atoms with Gasteiger partial charge in [-0.05, 0) is 6.92 Å². The van der Waals surface area contributed by atoms with Crippen LogP contribution < -0.4 is 10.1 Å². The lowest BCUT2D eigenvalue weighted by Gasteiger charge is -2.04. The van der Waals surface area contributed by atoms with Crippen LogP contribution in [0.15, 0.2) is 12.1 Å². The number of nitrogens with zero attached hydrogens (tertiary/aromatic N) is 2. The summed E-state index contributed by atoms with van der Waals surface area (Å²) in [5.41, 5.74) is -0.0344. The van der Waals surface area contributed by atoms with Crippen molar-refractivity contribution >= 4 is 11.5 Å². The van der Waals surface area contributed by atoms with Crippen LogP contribution in [0.4, 0.5) is 11.5 Å². The summed E-state index contributed by atoms with van der Waals surface area (Å²) in [7, 11) is 1.42. The monoisotopic (exact) mass is 197 g/mol. The van der Waals surface area contributed by atoms with E-state index >= 15 is 0 Å². The Morgan fingerprint density at radius 1 is 1.64 bits per heavy atom. The lowest BCUT2D eigenvalue weighted by Crippen LogP contribution is -2.01. The fourth-order valence-corrected chi connectivity index (χ4v) is 0.973. The summed E-state index contributed by atoms with van der Waals surface area (Å²) in [4.78, 5) is 14.0. The minimum atomic E-state index is -0.481. The van der Waals surface area contributed by atoms with Crippen molar-refractivity contribution in [3.05, 3.63) is 22.2 Å². The molecule has 0 unspecified atom stereocenters. The Labute approximate surface area is 81.1 Å². The van der Waals surface area contributed by atoms with Gasteiger partial charge in [-0.3, -0.25) is 10.1 Å². The molecule has 0 saturated heterocycles. The van der Waals surface area contributed by atoms with Gasteiger partial charge in [0, 0.05) is 6.54 Å². The molecule has 0 saturated carbocycles. The predicted molar refractivity (Wildman–Crippen MR) is 51.6 cm³/mol. The highest BCUT2D eigenvalue weighted by Crippen LogP contribution is 2.21. The van der Waals surface area contributed by atoms with Gasteiger partial charge in [-0.15, -0.1) is 0 Å². The summed E-state index contributed by atoms with van der Waals surface area (Å²) in [5.74, 6) is 0.675. The Hall–Kier alpha value is -1.85. The van der Waals surface area contributed by atoms with Gasteiger partial charge in [-0.1, -0.05) is 0 Å². The molecular weight excluding hydrogens is 186 g/mol. The van der Waals surface area contributed by atoms with E-state index in [1.807, 2.05) is 6.92 Å². The third kappa shape index (κ3) is 2.32. The molecule has 0 aliphatic carbocycles. The normalized spacial score (nSPS) is 9.57. The lowest BCUT2D eigenvalue weighted by molar-refractivity contribution is -0.384. The van der Waals surface area contributed by atoms with Gasteiger partial charge < -0.3 is 10.1 Å². The van der Waals surface area contributed by atoms with Crippen LogP contribution in [-0.2, 0) is 0 Å². The Morgan fingerprint density at radius 2 is 2.36 bits per heavy atom. The molecule has 0 spiro atoms. The van der Waals surface area contributed by atoms with Crippen molar-refractivity contribution in [2.45, 2.75) is 6.92 Å². The van der Waals surface area contributed by atoms with E-state index in [1.54, 1.807) is 0 Å². The van der Waals surface area contributed by atoms with Crippen LogP contribution in [0, 0.1) is 10.1 Å². The second kappa shape index (κ2) is 4.40. The van der Waals surface area contributed by atoms with Gasteiger partial charge in [0.25, 0.3) is 5.69 Å². The largest absolute Gasteiger partial charge is 0.481 e. The van der Waals surface area contributed by atoms with Crippen LogP contribution >= 0.6 is 0 Å². The molecule has 0 aliphatic heterocycles. The standard InChI is InChI=1S/C8H11N3O3/c1-3-9-7-4-6(11(12)13)5-8(10-7)14-2/h4-5H,3H2,1-2H3,(H,9,10). The highest BCUT2D eigenvalue weighted by molar-refractivity contribution is 5.48. The van der Waals surface area contributed by atoms with E-state index in [1.165, 1.54) is 19.2 Å². The number of hydrogen-bond acceptors (Lipinski definition) is 5. The number of nitrogens with one attached hydrogen (secondary N) is 1. The Morgan fingerprint density at radius 3 is 2.86 bits per heavy atom. The number of methoxy groups -OCH3 is 1. The first-order chi connectivity index (χ1) is 6.67. The molecule has 1 aromatic heterocycles. The van der Waals surface area contributed by atoms with Crippen molar-refractivity contribution in [3.8, 4) is 5.88 Å². The molecule has 0 amide bonds. The first-order valence-corrected chi connectivity index (χ1v) is 4.11. The average molecular weight is 197 g/mol. The van der Waals surface area contributed by atoms with E-state index in [4.69, 9.17) is 4.74 Å². The van der Waals surface area contributed by atoms with Crippen molar-refractivity contribution < 1.29 is 9.66 Å². The van der Waals surface area contributed by atoms with Crippen molar-refractivity contribution in [3.63, 3.8) is 0 Å². The molecule has 76 valence electrons. The highest BCUT2D eigenvalue weighted by atomic mass is 16.6. The van der Waals surface area contributed by atoms with E-state index in [0.717, 1.165) is 0 Å². The quantitative estimate of drug-likeness (QED) is 0.583. The van der Waals surface area contributed by atoms with Crippen molar-refractivity contribution in [1.29, 1.82) is 0 Å². The zero-order valence-corrected chi connectivity index (χ0v) is 7.98. The summed E-state index contributed by atoms with van der Waals surface area (Å²) < 4.78 is 4.84. The summed E-state index contributed by atoms with van der Waals surface area (Å²) in [6.45, 7) is 2.53. The predicted octanol–water partition coefficient (Wildman–Crippen LogP) is 1.43. The van der Waals surface area contributed by atoms with Crippen molar-refractivity contribution in [2.24, 2.45) is 0 Å². The molecule has 0 aliphatic rings. The van der Waals surface area contributed by atoms with Gasteiger partial charge in [-0.25, -0.2) is 0 Å². The number of anilines is 1. The maximum absolute atomic E-state index is 10.5. The first-order valence-electron chi connectivity index (χ1n) is 4.11. The Bertz CT molecular complexity index is 341. The first kappa shape index (κ1) is 10.2. The van der Waals surface area contributed by atoms with E-state index < -0.39 is 4.92 Å². The second-order valence-corrected chi connectivity index (χ2v) is 2.54. The fourth-order valence-electron chi connectivity index (χ4n) is 0.973. The van der Waals surface area contributed by atoms with Crippen LogP contribution in [0.25, 0.3) is 0 Å². The Balaban J connectivity index is 3.06. The van der Waals surface area contributed by atoms with Gasteiger partial charge in [0.15, 0.2) is 0 Å². The molecule has 0 aromatic carbocycles. The number of rotatable bonds is 4. The zero-order valence-electron chi connectivity index (χ0n) is 7.98. The maximum Gasteiger partial charge on any atom is 0.278 e. The van der Waals surface area contributed by atoms with Gasteiger partial charge in [0.2, 0.25) is 5.88 Å². The summed E-state index contributed by atoms with van der Waals surface area (Å²) in [6, 6.07) is 2.65. The topological polar surface area (TPSA) is 77.3 Å². The summed E-state index contributed by atoms with van der Waals surface area (Å²) in [5, 5.41) is 13.4. The average Bonchev–Trinajstić information content (AvgIpc) is 2.17. The van der Waals surface area contributed by atoms with Crippen molar-refractivity contribution in [1.82, 2.24) is 4.98 Å². The van der Waals surface area contributed by atoms with Crippen LogP contribution in [0.5, 0.6) is 5.88 Å². The molecule has 1 N–H and O–H groups in total. The third-order valence-corrected chi connectivity index (χ3v) is 1.56. The zero-order chi connectivity index (χ0) is 10.6. The molecule has 0 radical (unpaired) electrons. The minimum absolute atomic E-state index is 0.0344. The smallest absolute Gasteiger partial charge is 0.278 e. The van der Waals surface area contributed by atoms with Gasteiger partial charge in [-0.2, -0.15) is 4.98 Å². The van der Waals surface area contributed by atoms with Gasteiger partial charge >= 0.3 is 0 Å².